The highest BCUT2D eigenvalue weighted by Gasteiger charge is 2.06. The molecule has 0 amide bonds. The molecule has 6 heteroatoms. The third-order valence-corrected chi connectivity index (χ3v) is 2.35. The molecule has 0 saturated heterocycles. The maximum absolute atomic E-state index is 10.7. The van der Waals surface area contributed by atoms with Crippen LogP contribution in [0.5, 0.6) is 5.88 Å². The topological polar surface area (TPSA) is 56.3 Å². The number of hydrogen-bond donors (Lipinski definition) is 0. The van der Waals surface area contributed by atoms with Crippen LogP contribution in [0.4, 0.5) is 0 Å². The van der Waals surface area contributed by atoms with Crippen molar-refractivity contribution in [2.75, 3.05) is 7.11 Å². The van der Waals surface area contributed by atoms with E-state index >= 15 is 0 Å². The number of rotatable bonds is 3. The van der Waals surface area contributed by atoms with Crippen LogP contribution in [0.1, 0.15) is 5.56 Å². The van der Waals surface area contributed by atoms with Gasteiger partial charge in [-0.15, -0.1) is 0 Å². The third kappa shape index (κ3) is 3.61. The first-order valence-electron chi connectivity index (χ1n) is 3.42. The highest BCUT2D eigenvalue weighted by molar-refractivity contribution is 8.13. The summed E-state index contributed by atoms with van der Waals surface area (Å²) >= 11 is 0. The Balaban J connectivity index is 2.81. The number of methoxy groups -OCH3 is 1. The van der Waals surface area contributed by atoms with E-state index in [9.17, 15) is 8.42 Å². The van der Waals surface area contributed by atoms with Crippen molar-refractivity contribution in [2.24, 2.45) is 0 Å². The van der Waals surface area contributed by atoms with Crippen molar-refractivity contribution in [2.45, 2.75) is 5.75 Å². The first kappa shape index (κ1) is 10.3. The molecule has 1 rings (SSSR count). The Labute approximate surface area is 80.9 Å². The third-order valence-electron chi connectivity index (χ3n) is 1.35. The van der Waals surface area contributed by atoms with Crippen LogP contribution in [0.2, 0.25) is 0 Å². The zero-order chi connectivity index (χ0) is 9.90. The van der Waals surface area contributed by atoms with Crippen molar-refractivity contribution in [1.82, 2.24) is 4.98 Å². The minimum Gasteiger partial charge on any atom is -0.481 e. The average molecular weight is 222 g/mol. The number of halogens is 1. The summed E-state index contributed by atoms with van der Waals surface area (Å²) in [7, 11) is 3.04. The van der Waals surface area contributed by atoms with E-state index < -0.39 is 9.05 Å². The average Bonchev–Trinajstić information content (AvgIpc) is 2.03. The van der Waals surface area contributed by atoms with Crippen molar-refractivity contribution >= 4 is 19.7 Å². The molecule has 72 valence electrons. The van der Waals surface area contributed by atoms with E-state index in [1.165, 1.54) is 13.3 Å². The van der Waals surface area contributed by atoms with Crippen LogP contribution in [0, 0.1) is 0 Å². The Bertz CT molecular complexity index is 373. The van der Waals surface area contributed by atoms with E-state index in [0.29, 0.717) is 11.4 Å². The van der Waals surface area contributed by atoms with E-state index in [-0.39, 0.29) is 5.75 Å². The molecule has 0 aliphatic carbocycles. The zero-order valence-corrected chi connectivity index (χ0v) is 8.47. The van der Waals surface area contributed by atoms with Gasteiger partial charge in [0.25, 0.3) is 0 Å². The number of ether oxygens (including phenoxy) is 1. The lowest BCUT2D eigenvalue weighted by Gasteiger charge is -1.99. The van der Waals surface area contributed by atoms with Crippen molar-refractivity contribution in [1.29, 1.82) is 0 Å². The van der Waals surface area contributed by atoms with Gasteiger partial charge in [0.1, 0.15) is 0 Å². The molecule has 4 nitrogen and oxygen atoms in total. The molecule has 13 heavy (non-hydrogen) atoms. The quantitative estimate of drug-likeness (QED) is 0.719. The van der Waals surface area contributed by atoms with E-state index in [4.69, 9.17) is 15.4 Å². The fourth-order valence-corrected chi connectivity index (χ4v) is 1.76. The second-order valence-electron chi connectivity index (χ2n) is 2.39. The van der Waals surface area contributed by atoms with Gasteiger partial charge in [0.05, 0.1) is 12.9 Å². The minimum absolute atomic E-state index is 0.217. The largest absolute Gasteiger partial charge is 0.481 e. The fraction of sp³-hybridized carbons (Fsp3) is 0.286. The first-order valence-corrected chi connectivity index (χ1v) is 5.90. The Morgan fingerprint density at radius 2 is 2.23 bits per heavy atom. The van der Waals surface area contributed by atoms with E-state index in [1.54, 1.807) is 12.1 Å². The molecule has 1 aromatic rings. The summed E-state index contributed by atoms with van der Waals surface area (Å²) in [5.41, 5.74) is 0.538. The predicted octanol–water partition coefficient (Wildman–Crippen LogP) is 1.16. The summed E-state index contributed by atoms with van der Waals surface area (Å²) in [6.07, 6.45) is 1.42. The Morgan fingerprint density at radius 3 is 2.62 bits per heavy atom. The molecule has 0 N–H and O–H groups in total. The van der Waals surface area contributed by atoms with Crippen molar-refractivity contribution in [3.8, 4) is 5.88 Å². The lowest BCUT2D eigenvalue weighted by molar-refractivity contribution is 0.397. The van der Waals surface area contributed by atoms with Crippen LogP contribution in [-0.4, -0.2) is 20.5 Å². The molecule has 0 aromatic carbocycles. The van der Waals surface area contributed by atoms with Gasteiger partial charge in [0.15, 0.2) is 0 Å². The molecule has 0 aliphatic rings. The maximum atomic E-state index is 10.7. The Morgan fingerprint density at radius 1 is 1.54 bits per heavy atom. The Hall–Kier alpha value is -0.810. The SMILES string of the molecule is COc1ccc(CS(=O)(=O)Cl)cn1. The molecule has 1 aromatic heterocycles. The monoisotopic (exact) mass is 221 g/mol. The van der Waals surface area contributed by atoms with Crippen molar-refractivity contribution in [3.63, 3.8) is 0 Å². The normalized spacial score (nSPS) is 11.2. The number of nitrogens with zero attached hydrogens (tertiary/aromatic N) is 1. The summed E-state index contributed by atoms with van der Waals surface area (Å²) in [5.74, 6) is 0.224. The van der Waals surface area contributed by atoms with Crippen LogP contribution < -0.4 is 4.74 Å². The number of hydrogen-bond acceptors (Lipinski definition) is 4. The molecule has 0 fully saturated rings. The molecule has 0 spiro atoms. The molecule has 0 radical (unpaired) electrons. The van der Waals surface area contributed by atoms with Gasteiger partial charge in [0.2, 0.25) is 14.9 Å². The van der Waals surface area contributed by atoms with Gasteiger partial charge in [-0.05, 0) is 5.56 Å². The van der Waals surface area contributed by atoms with E-state index in [2.05, 4.69) is 4.98 Å². The summed E-state index contributed by atoms with van der Waals surface area (Å²) in [6.45, 7) is 0. The van der Waals surface area contributed by atoms with Gasteiger partial charge in [0, 0.05) is 22.9 Å². The molecular formula is C7H8ClNO3S. The van der Waals surface area contributed by atoms with E-state index in [1.807, 2.05) is 0 Å². The fourth-order valence-electron chi connectivity index (χ4n) is 0.816. The van der Waals surface area contributed by atoms with Crippen LogP contribution in [0.15, 0.2) is 18.3 Å². The van der Waals surface area contributed by atoms with Gasteiger partial charge in [-0.3, -0.25) is 0 Å². The number of pyridine rings is 1. The smallest absolute Gasteiger partial charge is 0.236 e. The van der Waals surface area contributed by atoms with Crippen LogP contribution >= 0.6 is 10.7 Å². The van der Waals surface area contributed by atoms with E-state index in [0.717, 1.165) is 0 Å². The van der Waals surface area contributed by atoms with Crippen molar-refractivity contribution in [3.05, 3.63) is 23.9 Å². The van der Waals surface area contributed by atoms with Gasteiger partial charge in [-0.25, -0.2) is 13.4 Å². The lowest BCUT2D eigenvalue weighted by atomic mass is 10.3. The summed E-state index contributed by atoms with van der Waals surface area (Å²) in [5, 5.41) is 0. The van der Waals surface area contributed by atoms with Gasteiger partial charge in [-0.1, -0.05) is 6.07 Å². The van der Waals surface area contributed by atoms with Crippen LogP contribution in [-0.2, 0) is 14.8 Å². The second kappa shape index (κ2) is 3.93. The Kier molecular flexibility index (Phi) is 3.11. The molecule has 1 heterocycles. The van der Waals surface area contributed by atoms with Crippen LogP contribution in [0.25, 0.3) is 0 Å². The maximum Gasteiger partial charge on any atom is 0.236 e. The molecule has 0 aliphatic heterocycles. The second-order valence-corrected chi connectivity index (χ2v) is 5.17. The molecule has 0 atom stereocenters. The summed E-state index contributed by atoms with van der Waals surface area (Å²) in [4.78, 5) is 3.84. The highest BCUT2D eigenvalue weighted by Crippen LogP contribution is 2.11. The standard InChI is InChI=1S/C7H8ClNO3S/c1-12-7-3-2-6(4-9-7)5-13(8,10)11/h2-4H,5H2,1H3. The predicted molar refractivity (Wildman–Crippen MR) is 49.3 cm³/mol. The van der Waals surface area contributed by atoms with Gasteiger partial charge >= 0.3 is 0 Å². The molecule has 0 saturated carbocycles. The van der Waals surface area contributed by atoms with Gasteiger partial charge in [-0.2, -0.15) is 0 Å². The molecular weight excluding hydrogens is 214 g/mol. The number of aromatic nitrogens is 1. The highest BCUT2D eigenvalue weighted by atomic mass is 35.7. The van der Waals surface area contributed by atoms with Gasteiger partial charge < -0.3 is 4.74 Å². The summed E-state index contributed by atoms with van der Waals surface area (Å²) in [6, 6.07) is 3.18. The summed E-state index contributed by atoms with van der Waals surface area (Å²) < 4.78 is 26.1. The van der Waals surface area contributed by atoms with Crippen molar-refractivity contribution < 1.29 is 13.2 Å². The molecule has 0 unspecified atom stereocenters. The first-order chi connectivity index (χ1) is 6.01. The minimum atomic E-state index is -3.51. The zero-order valence-electron chi connectivity index (χ0n) is 6.90. The molecule has 0 bridgehead atoms. The van der Waals surface area contributed by atoms with Crippen LogP contribution in [0.3, 0.4) is 0 Å². The lowest BCUT2D eigenvalue weighted by Crippen LogP contribution is -1.96.